The monoisotopic (exact) mass is 145 g/mol. The van der Waals surface area contributed by atoms with Crippen LogP contribution in [0.5, 0.6) is 0 Å². The van der Waals surface area contributed by atoms with Gasteiger partial charge in [-0.3, -0.25) is 4.79 Å². The number of carbonyl (C=O) groups excluding carboxylic acids is 1. The van der Waals surface area contributed by atoms with E-state index in [1.165, 1.54) is 0 Å². The molecule has 1 aromatic carbocycles. The van der Waals surface area contributed by atoms with Crippen LogP contribution in [-0.4, -0.2) is 13.8 Å². The number of hydrogen-bond donors (Lipinski definition) is 1. The van der Waals surface area contributed by atoms with Gasteiger partial charge in [-0.05, 0) is 5.56 Å². The number of primary amides is 1. The lowest BCUT2D eigenvalue weighted by molar-refractivity contribution is -0.117. The average Bonchev–Trinajstić information content (AvgIpc) is 1.93. The molecule has 0 bridgehead atoms. The average molecular weight is 145 g/mol. The summed E-state index contributed by atoms with van der Waals surface area (Å²) in [6.45, 7) is 0. The lowest BCUT2D eigenvalue weighted by atomic mass is 9.89. The second-order valence-corrected chi connectivity index (χ2v) is 2.34. The van der Waals surface area contributed by atoms with E-state index in [4.69, 9.17) is 13.6 Å². The Hall–Kier alpha value is -1.25. The molecule has 0 atom stereocenters. The summed E-state index contributed by atoms with van der Waals surface area (Å²) < 4.78 is 0. The molecule has 0 unspecified atom stereocenters. The number of nitrogens with two attached hydrogens (primary N) is 1. The molecule has 2 N–H and O–H groups in total. The molecular formula is C8H8BNO. The van der Waals surface area contributed by atoms with E-state index >= 15 is 0 Å². The molecule has 0 heterocycles. The van der Waals surface area contributed by atoms with Crippen molar-refractivity contribution in [2.45, 2.75) is 6.42 Å². The summed E-state index contributed by atoms with van der Waals surface area (Å²) in [6.07, 6.45) is 0.215. The quantitative estimate of drug-likeness (QED) is 0.560. The van der Waals surface area contributed by atoms with Crippen molar-refractivity contribution in [3.63, 3.8) is 0 Å². The molecule has 0 saturated heterocycles. The van der Waals surface area contributed by atoms with Gasteiger partial charge in [0.25, 0.3) is 0 Å². The lowest BCUT2D eigenvalue weighted by Crippen LogP contribution is -2.19. The van der Waals surface area contributed by atoms with Crippen molar-refractivity contribution in [2.24, 2.45) is 5.73 Å². The summed E-state index contributed by atoms with van der Waals surface area (Å²) in [5.41, 5.74) is 6.41. The highest BCUT2D eigenvalue weighted by Crippen LogP contribution is 1.94. The van der Waals surface area contributed by atoms with Gasteiger partial charge < -0.3 is 5.73 Å². The maximum Gasteiger partial charge on any atom is 0.221 e. The smallest absolute Gasteiger partial charge is 0.221 e. The summed E-state index contributed by atoms with van der Waals surface area (Å²) >= 11 is 0. The first-order chi connectivity index (χ1) is 5.20. The highest BCUT2D eigenvalue weighted by Gasteiger charge is 1.99. The summed E-state index contributed by atoms with van der Waals surface area (Å²) in [7, 11) is 5.56. The molecule has 0 aliphatic heterocycles. The Morgan fingerprint density at radius 2 is 2.09 bits per heavy atom. The van der Waals surface area contributed by atoms with Crippen molar-refractivity contribution >= 4 is 19.2 Å². The van der Waals surface area contributed by atoms with Gasteiger partial charge in [0.15, 0.2) is 0 Å². The molecule has 1 rings (SSSR count). The zero-order valence-corrected chi connectivity index (χ0v) is 6.08. The Morgan fingerprint density at radius 1 is 1.45 bits per heavy atom. The van der Waals surface area contributed by atoms with Gasteiger partial charge in [0.05, 0.1) is 6.42 Å². The van der Waals surface area contributed by atoms with E-state index in [2.05, 4.69) is 0 Å². The van der Waals surface area contributed by atoms with Crippen LogP contribution >= 0.6 is 0 Å². The van der Waals surface area contributed by atoms with Crippen LogP contribution in [0.15, 0.2) is 24.3 Å². The van der Waals surface area contributed by atoms with Crippen LogP contribution < -0.4 is 11.2 Å². The Kier molecular flexibility index (Phi) is 2.31. The topological polar surface area (TPSA) is 43.1 Å². The Balaban J connectivity index is 2.86. The third-order valence-corrected chi connectivity index (χ3v) is 1.42. The zero-order valence-electron chi connectivity index (χ0n) is 6.08. The van der Waals surface area contributed by atoms with Gasteiger partial charge in [-0.2, -0.15) is 0 Å². The van der Waals surface area contributed by atoms with Crippen LogP contribution in [0.4, 0.5) is 0 Å². The Bertz CT molecular complexity index is 273. The van der Waals surface area contributed by atoms with E-state index < -0.39 is 0 Å². The Labute approximate surface area is 66.8 Å². The van der Waals surface area contributed by atoms with Crippen molar-refractivity contribution in [3.05, 3.63) is 29.8 Å². The third-order valence-electron chi connectivity index (χ3n) is 1.42. The van der Waals surface area contributed by atoms with E-state index in [1.807, 2.05) is 12.1 Å². The first kappa shape index (κ1) is 7.86. The minimum absolute atomic E-state index is 0.215. The second-order valence-electron chi connectivity index (χ2n) is 2.34. The first-order valence-electron chi connectivity index (χ1n) is 3.32. The fourth-order valence-corrected chi connectivity index (χ4v) is 0.883. The molecule has 54 valence electrons. The highest BCUT2D eigenvalue weighted by molar-refractivity contribution is 6.33. The van der Waals surface area contributed by atoms with Crippen LogP contribution in [0, 0.1) is 0 Å². The number of benzene rings is 1. The molecule has 2 radical (unpaired) electrons. The molecule has 0 fully saturated rings. The normalized spacial score (nSPS) is 9.45. The van der Waals surface area contributed by atoms with Crippen LogP contribution in [-0.2, 0) is 11.2 Å². The predicted octanol–water partition coefficient (Wildman–Crippen LogP) is -0.492. The van der Waals surface area contributed by atoms with Gasteiger partial charge in [-0.1, -0.05) is 29.7 Å². The molecule has 11 heavy (non-hydrogen) atoms. The second kappa shape index (κ2) is 3.24. The van der Waals surface area contributed by atoms with Crippen LogP contribution in [0.25, 0.3) is 0 Å². The number of amides is 1. The summed E-state index contributed by atoms with van der Waals surface area (Å²) in [6, 6.07) is 7.19. The largest absolute Gasteiger partial charge is 0.369 e. The van der Waals surface area contributed by atoms with Gasteiger partial charge in [-0.25, -0.2) is 0 Å². The highest BCUT2D eigenvalue weighted by atomic mass is 16.1. The molecule has 2 nitrogen and oxygen atoms in total. The van der Waals surface area contributed by atoms with Crippen molar-refractivity contribution in [1.29, 1.82) is 0 Å². The molecule has 3 heteroatoms. The molecule has 1 aromatic rings. The van der Waals surface area contributed by atoms with Gasteiger partial charge in [0, 0.05) is 0 Å². The summed E-state index contributed by atoms with van der Waals surface area (Å²) in [4.78, 5) is 10.5. The molecule has 0 spiro atoms. The van der Waals surface area contributed by atoms with Crippen LogP contribution in [0.3, 0.4) is 0 Å². The maximum absolute atomic E-state index is 10.5. The molecule has 0 aliphatic carbocycles. The standard InChI is InChI=1S/C8H8BNO/c9-7-4-2-1-3-6(7)5-8(10)11/h1-4H,5H2,(H2,10,11). The maximum atomic E-state index is 10.5. The Morgan fingerprint density at radius 3 is 2.64 bits per heavy atom. The molecule has 0 saturated carbocycles. The van der Waals surface area contributed by atoms with Gasteiger partial charge in [-0.15, -0.1) is 0 Å². The summed E-state index contributed by atoms with van der Waals surface area (Å²) in [5.74, 6) is -0.358. The van der Waals surface area contributed by atoms with E-state index in [9.17, 15) is 4.79 Å². The zero-order chi connectivity index (χ0) is 8.27. The molecule has 0 aromatic heterocycles. The predicted molar refractivity (Wildman–Crippen MR) is 44.7 cm³/mol. The van der Waals surface area contributed by atoms with Gasteiger partial charge in [0.1, 0.15) is 7.85 Å². The van der Waals surface area contributed by atoms with E-state index in [1.54, 1.807) is 12.1 Å². The van der Waals surface area contributed by atoms with Crippen molar-refractivity contribution in [3.8, 4) is 0 Å². The lowest BCUT2D eigenvalue weighted by Gasteiger charge is -2.01. The fraction of sp³-hybridized carbons (Fsp3) is 0.125. The van der Waals surface area contributed by atoms with Gasteiger partial charge in [0.2, 0.25) is 5.91 Å². The van der Waals surface area contributed by atoms with Crippen molar-refractivity contribution < 1.29 is 4.79 Å². The minimum Gasteiger partial charge on any atom is -0.369 e. The van der Waals surface area contributed by atoms with Crippen LogP contribution in [0.1, 0.15) is 5.56 Å². The van der Waals surface area contributed by atoms with Gasteiger partial charge >= 0.3 is 0 Å². The van der Waals surface area contributed by atoms with E-state index in [0.29, 0.717) is 5.46 Å². The van der Waals surface area contributed by atoms with E-state index in [-0.39, 0.29) is 12.3 Å². The number of hydrogen-bond acceptors (Lipinski definition) is 1. The number of rotatable bonds is 2. The minimum atomic E-state index is -0.358. The van der Waals surface area contributed by atoms with Crippen molar-refractivity contribution in [1.82, 2.24) is 0 Å². The fourth-order valence-electron chi connectivity index (χ4n) is 0.883. The van der Waals surface area contributed by atoms with E-state index in [0.717, 1.165) is 5.56 Å². The molecule has 1 amide bonds. The molecular weight excluding hydrogens is 137 g/mol. The van der Waals surface area contributed by atoms with Crippen molar-refractivity contribution in [2.75, 3.05) is 0 Å². The summed E-state index contributed by atoms with van der Waals surface area (Å²) in [5, 5.41) is 0. The third kappa shape index (κ3) is 2.11. The number of carbonyl (C=O) groups is 1. The SMILES string of the molecule is [B]c1ccccc1CC(N)=O. The first-order valence-corrected chi connectivity index (χ1v) is 3.32. The molecule has 0 aliphatic rings. The van der Waals surface area contributed by atoms with Crippen LogP contribution in [0.2, 0.25) is 0 Å².